The van der Waals surface area contributed by atoms with Gasteiger partial charge in [0.1, 0.15) is 12.4 Å². The third kappa shape index (κ3) is 3.37. The molecule has 2 heterocycles. The van der Waals surface area contributed by atoms with E-state index in [-0.39, 0.29) is 24.3 Å². The largest absolute Gasteiger partial charge is 0.345 e. The number of amides is 1. The standard InChI is InChI=1S/C19H23N5O2/c1-5-14-7-6-8-15-16(12(3)25)9-24(18(14)15)10-17(26)20-11(2)19-21-13(4)22-23-19/h6-9,11H,5,10H2,1-4H3,(H,20,26)(H,21,22,23)/t11-/m1/s1. The molecule has 26 heavy (non-hydrogen) atoms. The van der Waals surface area contributed by atoms with E-state index in [1.54, 1.807) is 13.1 Å². The lowest BCUT2D eigenvalue weighted by Gasteiger charge is -2.12. The van der Waals surface area contributed by atoms with E-state index in [4.69, 9.17) is 0 Å². The number of ketones is 1. The molecule has 0 radical (unpaired) electrons. The number of fused-ring (bicyclic) bond motifs is 1. The van der Waals surface area contributed by atoms with E-state index in [0.717, 1.165) is 22.9 Å². The van der Waals surface area contributed by atoms with Gasteiger partial charge in [-0.3, -0.25) is 14.7 Å². The van der Waals surface area contributed by atoms with E-state index in [2.05, 4.69) is 27.4 Å². The first-order chi connectivity index (χ1) is 12.4. The molecule has 2 N–H and O–H groups in total. The zero-order valence-corrected chi connectivity index (χ0v) is 15.5. The fourth-order valence-electron chi connectivity index (χ4n) is 3.19. The minimum Gasteiger partial charge on any atom is -0.345 e. The number of benzene rings is 1. The number of rotatable bonds is 6. The van der Waals surface area contributed by atoms with Gasteiger partial charge < -0.3 is 9.88 Å². The minimum absolute atomic E-state index is 0.00743. The number of aromatic nitrogens is 4. The van der Waals surface area contributed by atoms with Crippen molar-refractivity contribution in [1.29, 1.82) is 0 Å². The molecule has 0 aliphatic carbocycles. The van der Waals surface area contributed by atoms with E-state index in [1.807, 2.05) is 36.6 Å². The number of aromatic amines is 1. The van der Waals surface area contributed by atoms with Crippen molar-refractivity contribution in [2.75, 3.05) is 0 Å². The van der Waals surface area contributed by atoms with Crippen molar-refractivity contribution >= 4 is 22.6 Å². The third-order valence-electron chi connectivity index (χ3n) is 4.44. The van der Waals surface area contributed by atoms with Gasteiger partial charge in [0.2, 0.25) is 5.91 Å². The topological polar surface area (TPSA) is 92.7 Å². The Kier molecular flexibility index (Phi) is 4.88. The number of H-pyrrole nitrogens is 1. The fraction of sp³-hybridized carbons (Fsp3) is 0.368. The van der Waals surface area contributed by atoms with Crippen LogP contribution in [0.5, 0.6) is 0 Å². The molecule has 0 spiro atoms. The molecule has 1 atom stereocenters. The van der Waals surface area contributed by atoms with E-state index in [0.29, 0.717) is 17.2 Å². The molecule has 3 rings (SSSR count). The molecule has 3 aromatic rings. The van der Waals surface area contributed by atoms with Crippen molar-refractivity contribution in [3.8, 4) is 0 Å². The van der Waals surface area contributed by atoms with Gasteiger partial charge in [-0.05, 0) is 32.8 Å². The number of carbonyl (C=O) groups is 2. The molecule has 0 unspecified atom stereocenters. The van der Waals surface area contributed by atoms with Gasteiger partial charge in [0, 0.05) is 17.1 Å². The van der Waals surface area contributed by atoms with Crippen LogP contribution in [0.2, 0.25) is 0 Å². The second kappa shape index (κ2) is 7.11. The summed E-state index contributed by atoms with van der Waals surface area (Å²) in [5.41, 5.74) is 2.69. The van der Waals surface area contributed by atoms with Crippen LogP contribution < -0.4 is 5.32 Å². The normalized spacial score (nSPS) is 12.3. The van der Waals surface area contributed by atoms with Crippen molar-refractivity contribution in [3.05, 3.63) is 47.2 Å². The second-order valence-electron chi connectivity index (χ2n) is 6.46. The average molecular weight is 353 g/mol. The molecular weight excluding hydrogens is 330 g/mol. The van der Waals surface area contributed by atoms with Crippen molar-refractivity contribution < 1.29 is 9.59 Å². The molecule has 1 aromatic carbocycles. The molecule has 136 valence electrons. The molecular formula is C19H23N5O2. The summed E-state index contributed by atoms with van der Waals surface area (Å²) in [7, 11) is 0. The van der Waals surface area contributed by atoms with Gasteiger partial charge in [0.25, 0.3) is 0 Å². The highest BCUT2D eigenvalue weighted by Gasteiger charge is 2.18. The lowest BCUT2D eigenvalue weighted by Crippen LogP contribution is -2.30. The van der Waals surface area contributed by atoms with Gasteiger partial charge in [-0.25, -0.2) is 4.98 Å². The number of aryl methyl sites for hydroxylation is 2. The molecule has 0 saturated carbocycles. The zero-order valence-electron chi connectivity index (χ0n) is 15.5. The predicted octanol–water partition coefficient (Wildman–Crippen LogP) is 2.71. The molecule has 7 nitrogen and oxygen atoms in total. The molecule has 1 amide bonds. The van der Waals surface area contributed by atoms with E-state index in [9.17, 15) is 9.59 Å². The lowest BCUT2D eigenvalue weighted by molar-refractivity contribution is -0.122. The predicted molar refractivity (Wildman–Crippen MR) is 99.0 cm³/mol. The third-order valence-corrected chi connectivity index (χ3v) is 4.44. The Hall–Kier alpha value is -2.96. The van der Waals surface area contributed by atoms with Crippen LogP contribution in [-0.4, -0.2) is 31.4 Å². The van der Waals surface area contributed by atoms with Crippen LogP contribution >= 0.6 is 0 Å². The van der Waals surface area contributed by atoms with Crippen LogP contribution in [0.1, 0.15) is 54.4 Å². The van der Waals surface area contributed by atoms with Crippen molar-refractivity contribution in [3.63, 3.8) is 0 Å². The summed E-state index contributed by atoms with van der Waals surface area (Å²) in [5.74, 6) is 1.09. The Morgan fingerprint density at radius 3 is 2.73 bits per heavy atom. The second-order valence-corrected chi connectivity index (χ2v) is 6.46. The minimum atomic E-state index is -0.299. The summed E-state index contributed by atoms with van der Waals surface area (Å²) in [6, 6.07) is 5.61. The Labute approximate surface area is 151 Å². The monoisotopic (exact) mass is 353 g/mol. The van der Waals surface area contributed by atoms with Gasteiger partial charge in [0.05, 0.1) is 11.6 Å². The first kappa shape index (κ1) is 17.8. The Morgan fingerprint density at radius 1 is 1.35 bits per heavy atom. The highest BCUT2D eigenvalue weighted by atomic mass is 16.2. The Bertz CT molecular complexity index is 970. The summed E-state index contributed by atoms with van der Waals surface area (Å²) in [6.45, 7) is 7.40. The number of nitrogens with one attached hydrogen (secondary N) is 2. The Morgan fingerprint density at radius 2 is 2.12 bits per heavy atom. The van der Waals surface area contributed by atoms with E-state index < -0.39 is 0 Å². The van der Waals surface area contributed by atoms with Crippen molar-refractivity contribution in [1.82, 2.24) is 25.1 Å². The number of carbonyl (C=O) groups excluding carboxylic acids is 2. The highest BCUT2D eigenvalue weighted by Crippen LogP contribution is 2.26. The van der Waals surface area contributed by atoms with Crippen LogP contribution in [0.3, 0.4) is 0 Å². The van der Waals surface area contributed by atoms with Gasteiger partial charge in [-0.2, -0.15) is 5.10 Å². The van der Waals surface area contributed by atoms with Crippen LogP contribution in [0.25, 0.3) is 10.9 Å². The fourth-order valence-corrected chi connectivity index (χ4v) is 3.19. The first-order valence-electron chi connectivity index (χ1n) is 8.70. The smallest absolute Gasteiger partial charge is 0.240 e. The molecule has 0 saturated heterocycles. The molecule has 0 aliphatic heterocycles. The van der Waals surface area contributed by atoms with Crippen molar-refractivity contribution in [2.45, 2.75) is 46.7 Å². The van der Waals surface area contributed by atoms with E-state index >= 15 is 0 Å². The Balaban J connectivity index is 1.88. The molecule has 0 aliphatic rings. The summed E-state index contributed by atoms with van der Waals surface area (Å²) >= 11 is 0. The van der Waals surface area contributed by atoms with Crippen LogP contribution in [0.15, 0.2) is 24.4 Å². The van der Waals surface area contributed by atoms with Gasteiger partial charge >= 0.3 is 0 Å². The highest BCUT2D eigenvalue weighted by molar-refractivity contribution is 6.07. The average Bonchev–Trinajstić information content (AvgIpc) is 3.19. The number of hydrogen-bond donors (Lipinski definition) is 2. The van der Waals surface area contributed by atoms with Crippen LogP contribution in [-0.2, 0) is 17.8 Å². The summed E-state index contributed by atoms with van der Waals surface area (Å²) in [6.07, 6.45) is 2.60. The maximum absolute atomic E-state index is 12.5. The van der Waals surface area contributed by atoms with Gasteiger partial charge in [-0.15, -0.1) is 0 Å². The molecule has 7 heteroatoms. The maximum atomic E-state index is 12.5. The first-order valence-corrected chi connectivity index (χ1v) is 8.70. The van der Waals surface area contributed by atoms with Crippen LogP contribution in [0.4, 0.5) is 0 Å². The number of nitrogens with zero attached hydrogens (tertiary/aromatic N) is 3. The number of para-hydroxylation sites is 1. The van der Waals surface area contributed by atoms with Crippen LogP contribution in [0, 0.1) is 6.92 Å². The maximum Gasteiger partial charge on any atom is 0.240 e. The zero-order chi connectivity index (χ0) is 18.8. The van der Waals surface area contributed by atoms with Gasteiger partial charge in [-0.1, -0.05) is 25.1 Å². The summed E-state index contributed by atoms with van der Waals surface area (Å²) < 4.78 is 1.86. The SMILES string of the molecule is CCc1cccc2c(C(C)=O)cn(CC(=O)N[C@H](C)c3n[nH]c(C)n3)c12. The van der Waals surface area contributed by atoms with E-state index in [1.165, 1.54) is 0 Å². The number of Topliss-reactive ketones (excluding diaryl/α,β-unsaturated/α-hetero) is 1. The quantitative estimate of drug-likeness (QED) is 0.666. The molecule has 0 bridgehead atoms. The molecule has 2 aromatic heterocycles. The number of hydrogen-bond acceptors (Lipinski definition) is 4. The molecule has 0 fully saturated rings. The van der Waals surface area contributed by atoms with Crippen molar-refractivity contribution in [2.24, 2.45) is 0 Å². The van der Waals surface area contributed by atoms with Gasteiger partial charge in [0.15, 0.2) is 11.6 Å². The lowest BCUT2D eigenvalue weighted by atomic mass is 10.1. The summed E-state index contributed by atoms with van der Waals surface area (Å²) in [4.78, 5) is 28.8. The summed E-state index contributed by atoms with van der Waals surface area (Å²) in [5, 5.41) is 10.7.